The van der Waals surface area contributed by atoms with Crippen LogP contribution in [0.25, 0.3) is 0 Å². The maximum absolute atomic E-state index is 11.4. The second-order valence-electron chi connectivity index (χ2n) is 4.01. The summed E-state index contributed by atoms with van der Waals surface area (Å²) in [6.07, 6.45) is -0.428. The van der Waals surface area contributed by atoms with Crippen molar-refractivity contribution in [2.75, 3.05) is 13.2 Å². The topological polar surface area (TPSA) is 64.3 Å². The molecule has 0 spiro atoms. The molecule has 1 rings (SSSR count). The average molecular weight is 236 g/mol. The third kappa shape index (κ3) is 3.75. The zero-order valence-corrected chi connectivity index (χ0v) is 10.6. The fourth-order valence-corrected chi connectivity index (χ4v) is 1.80. The summed E-state index contributed by atoms with van der Waals surface area (Å²) in [5.74, 6) is 0. The summed E-state index contributed by atoms with van der Waals surface area (Å²) in [4.78, 5) is 11.4. The highest BCUT2D eigenvalue weighted by molar-refractivity contribution is 5.68. The number of carbonyl (C=O) groups excluding carboxylic acids is 1. The number of aryl methyl sites for hydroxylation is 2. The molecule has 0 saturated carbocycles. The van der Waals surface area contributed by atoms with E-state index in [1.807, 2.05) is 26.0 Å². The Bertz CT molecular complexity index is 391. The predicted molar refractivity (Wildman–Crippen MR) is 67.9 cm³/mol. The van der Waals surface area contributed by atoms with Crippen LogP contribution in [0.5, 0.6) is 0 Å². The normalized spacial score (nSPS) is 12.0. The van der Waals surface area contributed by atoms with Gasteiger partial charge in [0.1, 0.15) is 0 Å². The summed E-state index contributed by atoms with van der Waals surface area (Å²) >= 11 is 0. The van der Waals surface area contributed by atoms with Gasteiger partial charge in [0.2, 0.25) is 0 Å². The lowest BCUT2D eigenvalue weighted by atomic mass is 9.99. The second kappa shape index (κ2) is 6.25. The lowest BCUT2D eigenvalue weighted by Gasteiger charge is -2.19. The maximum Gasteiger partial charge on any atom is 0.407 e. The number of ether oxygens (including phenoxy) is 1. The van der Waals surface area contributed by atoms with Gasteiger partial charge in [-0.2, -0.15) is 0 Å². The third-order valence-corrected chi connectivity index (χ3v) is 2.60. The van der Waals surface area contributed by atoms with E-state index in [1.54, 1.807) is 6.92 Å². The van der Waals surface area contributed by atoms with Crippen molar-refractivity contribution in [2.24, 2.45) is 5.73 Å². The zero-order valence-electron chi connectivity index (χ0n) is 10.6. The Morgan fingerprint density at radius 2 is 2.18 bits per heavy atom. The molecule has 0 bridgehead atoms. The van der Waals surface area contributed by atoms with Crippen LogP contribution in [-0.4, -0.2) is 19.2 Å². The third-order valence-electron chi connectivity index (χ3n) is 2.60. The molecule has 0 radical (unpaired) electrons. The lowest BCUT2D eigenvalue weighted by molar-refractivity contribution is 0.148. The van der Waals surface area contributed by atoms with Crippen molar-refractivity contribution < 1.29 is 9.53 Å². The van der Waals surface area contributed by atoms with Crippen LogP contribution in [0, 0.1) is 13.8 Å². The first kappa shape index (κ1) is 13.5. The number of alkyl carbamates (subject to hydrolysis) is 1. The summed E-state index contributed by atoms with van der Waals surface area (Å²) in [5, 5.41) is 2.76. The number of rotatable bonds is 4. The van der Waals surface area contributed by atoms with E-state index < -0.39 is 6.09 Å². The fraction of sp³-hybridized carbons (Fsp3) is 0.462. The average Bonchev–Trinajstić information content (AvgIpc) is 2.27. The molecule has 4 heteroatoms. The first-order chi connectivity index (χ1) is 8.08. The smallest absolute Gasteiger partial charge is 0.407 e. The van der Waals surface area contributed by atoms with Crippen molar-refractivity contribution in [3.8, 4) is 0 Å². The summed E-state index contributed by atoms with van der Waals surface area (Å²) < 4.78 is 4.85. The maximum atomic E-state index is 11.4. The van der Waals surface area contributed by atoms with Crippen molar-refractivity contribution in [3.05, 3.63) is 34.9 Å². The van der Waals surface area contributed by atoms with Gasteiger partial charge in [-0.25, -0.2) is 4.79 Å². The Morgan fingerprint density at radius 1 is 1.47 bits per heavy atom. The molecule has 0 aliphatic carbocycles. The predicted octanol–water partition coefficient (Wildman–Crippen LogP) is 2.05. The Labute approximate surface area is 102 Å². The molecule has 0 aliphatic rings. The van der Waals surface area contributed by atoms with Crippen molar-refractivity contribution >= 4 is 6.09 Å². The number of hydrogen-bond acceptors (Lipinski definition) is 3. The van der Waals surface area contributed by atoms with Crippen molar-refractivity contribution in [1.29, 1.82) is 0 Å². The number of hydrogen-bond donors (Lipinski definition) is 2. The van der Waals surface area contributed by atoms with Gasteiger partial charge in [-0.3, -0.25) is 0 Å². The van der Waals surface area contributed by atoms with Crippen LogP contribution in [0.4, 0.5) is 4.79 Å². The van der Waals surface area contributed by atoms with E-state index >= 15 is 0 Å². The van der Waals surface area contributed by atoms with E-state index in [2.05, 4.69) is 11.4 Å². The van der Waals surface area contributed by atoms with E-state index in [0.29, 0.717) is 13.2 Å². The molecule has 1 aromatic carbocycles. The Morgan fingerprint density at radius 3 is 2.71 bits per heavy atom. The van der Waals surface area contributed by atoms with Crippen LogP contribution in [0.3, 0.4) is 0 Å². The van der Waals surface area contributed by atoms with Gasteiger partial charge in [-0.15, -0.1) is 0 Å². The summed E-state index contributed by atoms with van der Waals surface area (Å²) in [5.41, 5.74) is 9.03. The molecule has 1 aromatic rings. The van der Waals surface area contributed by atoms with Crippen molar-refractivity contribution in [2.45, 2.75) is 26.8 Å². The number of nitrogens with one attached hydrogen (secondary N) is 1. The zero-order chi connectivity index (χ0) is 12.8. The van der Waals surface area contributed by atoms with Gasteiger partial charge in [0.05, 0.1) is 12.6 Å². The molecule has 0 aliphatic heterocycles. The molecule has 0 saturated heterocycles. The van der Waals surface area contributed by atoms with Crippen LogP contribution < -0.4 is 11.1 Å². The van der Waals surface area contributed by atoms with Crippen LogP contribution in [0.2, 0.25) is 0 Å². The summed E-state index contributed by atoms with van der Waals surface area (Å²) in [6, 6.07) is 5.88. The van der Waals surface area contributed by atoms with Crippen molar-refractivity contribution in [1.82, 2.24) is 5.32 Å². The molecule has 17 heavy (non-hydrogen) atoms. The van der Waals surface area contributed by atoms with E-state index in [9.17, 15) is 4.79 Å². The number of amides is 1. The minimum atomic E-state index is -0.428. The molecular formula is C13H20N2O2. The molecule has 1 amide bonds. The molecule has 1 atom stereocenters. The van der Waals surface area contributed by atoms with E-state index in [1.165, 1.54) is 5.56 Å². The SMILES string of the molecule is CCOC(=O)NC(CN)c1ccc(C)cc1C. The van der Waals surface area contributed by atoms with Gasteiger partial charge in [0.15, 0.2) is 0 Å². The van der Waals surface area contributed by atoms with Gasteiger partial charge in [-0.1, -0.05) is 23.8 Å². The first-order valence-corrected chi connectivity index (χ1v) is 5.79. The molecule has 4 nitrogen and oxygen atoms in total. The van der Waals surface area contributed by atoms with E-state index in [0.717, 1.165) is 11.1 Å². The highest BCUT2D eigenvalue weighted by Crippen LogP contribution is 2.18. The van der Waals surface area contributed by atoms with E-state index in [4.69, 9.17) is 10.5 Å². The Hall–Kier alpha value is -1.55. The largest absolute Gasteiger partial charge is 0.450 e. The molecule has 3 N–H and O–H groups in total. The highest BCUT2D eigenvalue weighted by atomic mass is 16.5. The second-order valence-corrected chi connectivity index (χ2v) is 4.01. The van der Waals surface area contributed by atoms with Gasteiger partial charge in [-0.05, 0) is 31.9 Å². The number of carbonyl (C=O) groups is 1. The summed E-state index contributed by atoms with van der Waals surface area (Å²) in [7, 11) is 0. The Balaban J connectivity index is 2.82. The minimum Gasteiger partial charge on any atom is -0.450 e. The molecular weight excluding hydrogens is 216 g/mol. The van der Waals surface area contributed by atoms with Gasteiger partial charge >= 0.3 is 6.09 Å². The highest BCUT2D eigenvalue weighted by Gasteiger charge is 2.15. The van der Waals surface area contributed by atoms with Crippen LogP contribution >= 0.6 is 0 Å². The van der Waals surface area contributed by atoms with Crippen LogP contribution in [-0.2, 0) is 4.74 Å². The quantitative estimate of drug-likeness (QED) is 0.841. The van der Waals surface area contributed by atoms with Gasteiger partial charge in [0.25, 0.3) is 0 Å². The molecule has 0 fully saturated rings. The number of benzene rings is 1. The monoisotopic (exact) mass is 236 g/mol. The minimum absolute atomic E-state index is 0.199. The standard InChI is InChI=1S/C13H20N2O2/c1-4-17-13(16)15-12(8-14)11-6-5-9(2)7-10(11)3/h5-7,12H,4,8,14H2,1-3H3,(H,15,16). The fourth-order valence-electron chi connectivity index (χ4n) is 1.80. The van der Waals surface area contributed by atoms with Gasteiger partial charge in [0, 0.05) is 6.54 Å². The van der Waals surface area contributed by atoms with Crippen molar-refractivity contribution in [3.63, 3.8) is 0 Å². The summed E-state index contributed by atoms with van der Waals surface area (Å²) in [6.45, 7) is 6.53. The van der Waals surface area contributed by atoms with Gasteiger partial charge < -0.3 is 15.8 Å². The Kier molecular flexibility index (Phi) is 4.97. The molecule has 0 heterocycles. The molecule has 0 aromatic heterocycles. The van der Waals surface area contributed by atoms with Crippen LogP contribution in [0.1, 0.15) is 29.7 Å². The lowest BCUT2D eigenvalue weighted by Crippen LogP contribution is -2.34. The van der Waals surface area contributed by atoms with E-state index in [-0.39, 0.29) is 6.04 Å². The molecule has 1 unspecified atom stereocenters. The molecule has 94 valence electrons. The number of nitrogens with two attached hydrogens (primary N) is 1. The van der Waals surface area contributed by atoms with Crippen LogP contribution in [0.15, 0.2) is 18.2 Å². The first-order valence-electron chi connectivity index (χ1n) is 5.79.